The van der Waals surface area contributed by atoms with Crippen LogP contribution in [0.4, 0.5) is 10.5 Å². The summed E-state index contributed by atoms with van der Waals surface area (Å²) in [4.78, 5) is 29.6. The lowest BCUT2D eigenvalue weighted by Crippen LogP contribution is -2.35. The van der Waals surface area contributed by atoms with Crippen LogP contribution in [0.25, 0.3) is 0 Å². The van der Waals surface area contributed by atoms with E-state index in [0.29, 0.717) is 25.3 Å². The number of methoxy groups -OCH3 is 2. The highest BCUT2D eigenvalue weighted by Crippen LogP contribution is 2.15. The molecule has 0 radical (unpaired) electrons. The van der Waals surface area contributed by atoms with Crippen LogP contribution in [-0.4, -0.2) is 49.3 Å². The summed E-state index contributed by atoms with van der Waals surface area (Å²) < 4.78 is 15.8. The van der Waals surface area contributed by atoms with Gasteiger partial charge in [0.15, 0.2) is 5.69 Å². The lowest BCUT2D eigenvalue weighted by molar-refractivity contribution is 0.0594. The van der Waals surface area contributed by atoms with Crippen molar-refractivity contribution in [2.45, 2.75) is 13.0 Å². The quantitative estimate of drug-likeness (QED) is 0.514. The summed E-state index contributed by atoms with van der Waals surface area (Å²) in [7, 11) is 2.86. The van der Waals surface area contributed by atoms with Crippen LogP contribution in [0.15, 0.2) is 39.4 Å². The number of rotatable bonds is 8. The van der Waals surface area contributed by atoms with E-state index in [4.69, 9.17) is 9.15 Å². The number of hydrogen-bond acceptors (Lipinski definition) is 6. The minimum Gasteiger partial charge on any atom is -0.464 e. The summed E-state index contributed by atoms with van der Waals surface area (Å²) in [5, 5.41) is 2.82. The van der Waals surface area contributed by atoms with Gasteiger partial charge in [0.25, 0.3) is 0 Å². The molecule has 9 heteroatoms. The normalized spacial score (nSPS) is 10.4. The van der Waals surface area contributed by atoms with Crippen molar-refractivity contribution in [2.75, 3.05) is 32.7 Å². The number of oxazole rings is 1. The van der Waals surface area contributed by atoms with Crippen molar-refractivity contribution in [2.24, 2.45) is 0 Å². The maximum absolute atomic E-state index is 12.6. The van der Waals surface area contributed by atoms with Crippen molar-refractivity contribution in [3.63, 3.8) is 0 Å². The van der Waals surface area contributed by atoms with Gasteiger partial charge in [-0.1, -0.05) is 15.9 Å². The number of carbonyl (C=O) groups is 2. The summed E-state index contributed by atoms with van der Waals surface area (Å²) in [5.41, 5.74) is 0.727. The molecule has 2 aromatic rings. The van der Waals surface area contributed by atoms with E-state index in [1.807, 2.05) is 12.1 Å². The smallest absolute Gasteiger partial charge is 0.360 e. The Morgan fingerprint density at radius 1 is 1.27 bits per heavy atom. The molecule has 1 N–H and O–H groups in total. The lowest BCUT2D eigenvalue weighted by atomic mass is 10.3. The number of esters is 1. The average Bonchev–Trinajstić information content (AvgIpc) is 3.11. The van der Waals surface area contributed by atoms with Crippen molar-refractivity contribution >= 4 is 33.6 Å². The number of halogens is 1. The number of anilines is 1. The fourth-order valence-corrected chi connectivity index (χ4v) is 2.40. The molecule has 0 spiro atoms. The molecule has 0 aliphatic rings. The first kappa shape index (κ1) is 19.9. The molecule has 0 fully saturated rings. The van der Waals surface area contributed by atoms with Gasteiger partial charge in [-0.15, -0.1) is 0 Å². The first-order valence-electron chi connectivity index (χ1n) is 7.86. The van der Waals surface area contributed by atoms with E-state index in [9.17, 15) is 9.59 Å². The maximum atomic E-state index is 12.6. The fraction of sp³-hybridized carbons (Fsp3) is 0.353. The molecular formula is C17H20BrN3O5. The third-order valence-electron chi connectivity index (χ3n) is 3.43. The number of urea groups is 1. The molecule has 0 aliphatic carbocycles. The summed E-state index contributed by atoms with van der Waals surface area (Å²) in [6.45, 7) is 1.07. The first-order valence-corrected chi connectivity index (χ1v) is 8.66. The Morgan fingerprint density at radius 2 is 2.00 bits per heavy atom. The van der Waals surface area contributed by atoms with E-state index in [2.05, 4.69) is 31.0 Å². The third kappa shape index (κ3) is 5.85. The zero-order valence-electron chi connectivity index (χ0n) is 14.5. The Morgan fingerprint density at radius 3 is 2.65 bits per heavy atom. The third-order valence-corrected chi connectivity index (χ3v) is 3.96. The largest absolute Gasteiger partial charge is 0.464 e. The molecule has 0 saturated carbocycles. The predicted molar refractivity (Wildman–Crippen MR) is 97.9 cm³/mol. The van der Waals surface area contributed by atoms with Crippen LogP contribution < -0.4 is 5.32 Å². The van der Waals surface area contributed by atoms with Gasteiger partial charge >= 0.3 is 12.0 Å². The second-order valence-electron chi connectivity index (χ2n) is 5.32. The van der Waals surface area contributed by atoms with Crippen LogP contribution in [0.3, 0.4) is 0 Å². The molecule has 1 heterocycles. The minimum absolute atomic E-state index is 0.0626. The molecule has 0 saturated heterocycles. The van der Waals surface area contributed by atoms with Gasteiger partial charge in [0.05, 0.1) is 13.7 Å². The molecular weight excluding hydrogens is 406 g/mol. The highest BCUT2D eigenvalue weighted by Gasteiger charge is 2.19. The van der Waals surface area contributed by atoms with Gasteiger partial charge in [-0.2, -0.15) is 0 Å². The van der Waals surface area contributed by atoms with E-state index < -0.39 is 5.97 Å². The van der Waals surface area contributed by atoms with Crippen molar-refractivity contribution in [1.82, 2.24) is 9.88 Å². The van der Waals surface area contributed by atoms with Gasteiger partial charge in [-0.3, -0.25) is 0 Å². The molecule has 0 aliphatic heterocycles. The van der Waals surface area contributed by atoms with Crippen LogP contribution in [0.1, 0.15) is 22.8 Å². The molecule has 1 aromatic carbocycles. The minimum atomic E-state index is -0.592. The van der Waals surface area contributed by atoms with E-state index in [-0.39, 0.29) is 24.2 Å². The number of nitrogens with one attached hydrogen (secondary N) is 1. The molecule has 0 atom stereocenters. The molecule has 2 rings (SSSR count). The number of carbonyl (C=O) groups excluding carboxylic acids is 2. The highest BCUT2D eigenvalue weighted by molar-refractivity contribution is 9.10. The fourth-order valence-electron chi connectivity index (χ4n) is 2.13. The standard InChI is InChI=1S/C17H20BrN3O5/c1-24-9-3-8-21(10-15-20-14(11-26-15)16(22)25-2)17(23)19-13-6-4-12(18)5-7-13/h4-7,11H,3,8-10H2,1-2H3,(H,19,23). The summed E-state index contributed by atoms with van der Waals surface area (Å²) >= 11 is 3.35. The average molecular weight is 426 g/mol. The number of amides is 2. The number of aromatic nitrogens is 1. The van der Waals surface area contributed by atoms with E-state index in [1.165, 1.54) is 18.3 Å². The topological polar surface area (TPSA) is 93.9 Å². The van der Waals surface area contributed by atoms with Gasteiger partial charge in [-0.25, -0.2) is 14.6 Å². The van der Waals surface area contributed by atoms with Crippen molar-refractivity contribution in [1.29, 1.82) is 0 Å². The monoisotopic (exact) mass is 425 g/mol. The zero-order valence-corrected chi connectivity index (χ0v) is 16.1. The molecule has 26 heavy (non-hydrogen) atoms. The number of ether oxygens (including phenoxy) is 2. The summed E-state index contributed by atoms with van der Waals surface area (Å²) in [6, 6.07) is 6.94. The van der Waals surface area contributed by atoms with E-state index in [0.717, 1.165) is 4.47 Å². The predicted octanol–water partition coefficient (Wildman–Crippen LogP) is 3.29. The highest BCUT2D eigenvalue weighted by atomic mass is 79.9. The van der Waals surface area contributed by atoms with Gasteiger partial charge in [-0.05, 0) is 30.7 Å². The molecule has 8 nitrogen and oxygen atoms in total. The van der Waals surface area contributed by atoms with Gasteiger partial charge < -0.3 is 24.1 Å². The van der Waals surface area contributed by atoms with Crippen molar-refractivity contribution < 1.29 is 23.5 Å². The second-order valence-corrected chi connectivity index (χ2v) is 6.24. The molecule has 140 valence electrons. The number of benzene rings is 1. The van der Waals surface area contributed by atoms with Crippen molar-refractivity contribution in [3.8, 4) is 0 Å². The SMILES string of the molecule is COCCCN(Cc1nc(C(=O)OC)co1)C(=O)Nc1ccc(Br)cc1. The Hall–Kier alpha value is -2.39. The molecule has 1 aromatic heterocycles. The Kier molecular flexibility index (Phi) is 7.61. The number of nitrogens with zero attached hydrogens (tertiary/aromatic N) is 2. The van der Waals surface area contributed by atoms with Crippen LogP contribution in [0.5, 0.6) is 0 Å². The summed E-state index contributed by atoms with van der Waals surface area (Å²) in [5.74, 6) is -0.348. The Bertz CT molecular complexity index is 732. The van der Waals surface area contributed by atoms with Crippen LogP contribution in [-0.2, 0) is 16.0 Å². The van der Waals surface area contributed by atoms with Crippen LogP contribution >= 0.6 is 15.9 Å². The van der Waals surface area contributed by atoms with Crippen LogP contribution in [0, 0.1) is 0 Å². The van der Waals surface area contributed by atoms with E-state index >= 15 is 0 Å². The Labute approximate surface area is 159 Å². The maximum Gasteiger partial charge on any atom is 0.360 e. The Balaban J connectivity index is 2.06. The second kappa shape index (κ2) is 9.93. The zero-order chi connectivity index (χ0) is 18.9. The lowest BCUT2D eigenvalue weighted by Gasteiger charge is -2.21. The first-order chi connectivity index (χ1) is 12.5. The number of hydrogen-bond donors (Lipinski definition) is 1. The summed E-state index contributed by atoms with van der Waals surface area (Å²) in [6.07, 6.45) is 1.86. The molecule has 0 unspecified atom stereocenters. The van der Waals surface area contributed by atoms with Crippen LogP contribution in [0.2, 0.25) is 0 Å². The molecule has 0 bridgehead atoms. The van der Waals surface area contributed by atoms with Gasteiger partial charge in [0, 0.05) is 30.4 Å². The molecule has 2 amide bonds. The van der Waals surface area contributed by atoms with Crippen molar-refractivity contribution in [3.05, 3.63) is 46.6 Å². The van der Waals surface area contributed by atoms with E-state index in [1.54, 1.807) is 19.2 Å². The van der Waals surface area contributed by atoms with Gasteiger partial charge in [0.1, 0.15) is 6.26 Å². The van der Waals surface area contributed by atoms with Gasteiger partial charge in [0.2, 0.25) is 5.89 Å².